The van der Waals surface area contributed by atoms with Crippen LogP contribution in [0.15, 0.2) is 42.5 Å². The molecule has 0 spiro atoms. The standard InChI is InChI=1S/C16H14FN3O4/c17-13-2-1-3-14(12(13)8-18)19-15(9-21)16(22)10-4-6-11(7-5-10)20(23)24/h1-7,15-16,19,21-22H,9H2. The van der Waals surface area contributed by atoms with Gasteiger partial charge in [0.15, 0.2) is 0 Å². The van der Waals surface area contributed by atoms with E-state index >= 15 is 0 Å². The molecule has 2 aromatic rings. The van der Waals surface area contributed by atoms with Gasteiger partial charge in [0, 0.05) is 12.1 Å². The highest BCUT2D eigenvalue weighted by molar-refractivity contribution is 5.58. The maximum atomic E-state index is 13.6. The van der Waals surface area contributed by atoms with Crippen LogP contribution < -0.4 is 5.32 Å². The first kappa shape index (κ1) is 17.3. The van der Waals surface area contributed by atoms with E-state index in [9.17, 15) is 24.7 Å². The molecule has 0 aliphatic rings. The highest BCUT2D eigenvalue weighted by Gasteiger charge is 2.22. The predicted molar refractivity (Wildman–Crippen MR) is 83.7 cm³/mol. The molecule has 3 N–H and O–H groups in total. The molecule has 2 atom stereocenters. The number of halogens is 1. The van der Waals surface area contributed by atoms with Gasteiger partial charge in [-0.3, -0.25) is 10.1 Å². The number of aliphatic hydroxyl groups is 2. The largest absolute Gasteiger partial charge is 0.394 e. The van der Waals surface area contributed by atoms with E-state index in [1.807, 2.05) is 0 Å². The van der Waals surface area contributed by atoms with Gasteiger partial charge in [0.05, 0.1) is 23.3 Å². The normalized spacial score (nSPS) is 12.9. The molecule has 0 heterocycles. The Morgan fingerprint density at radius 2 is 1.96 bits per heavy atom. The van der Waals surface area contributed by atoms with Crippen LogP contribution in [-0.2, 0) is 0 Å². The Kier molecular flexibility index (Phi) is 5.42. The Hall–Kier alpha value is -3.02. The van der Waals surface area contributed by atoms with E-state index in [2.05, 4.69) is 5.32 Å². The molecule has 0 fully saturated rings. The zero-order valence-electron chi connectivity index (χ0n) is 12.4. The molecule has 7 nitrogen and oxygen atoms in total. The summed E-state index contributed by atoms with van der Waals surface area (Å²) in [6, 6.07) is 9.95. The molecule has 8 heteroatoms. The number of aliphatic hydroxyl groups excluding tert-OH is 2. The zero-order valence-corrected chi connectivity index (χ0v) is 12.4. The third-order valence-corrected chi connectivity index (χ3v) is 3.49. The number of non-ortho nitro benzene ring substituents is 1. The van der Waals surface area contributed by atoms with Gasteiger partial charge in [-0.25, -0.2) is 4.39 Å². The second-order valence-corrected chi connectivity index (χ2v) is 5.00. The Morgan fingerprint density at radius 3 is 2.50 bits per heavy atom. The van der Waals surface area contributed by atoms with Crippen molar-refractivity contribution >= 4 is 11.4 Å². The Balaban J connectivity index is 2.24. The van der Waals surface area contributed by atoms with Gasteiger partial charge in [0.2, 0.25) is 0 Å². The fourth-order valence-electron chi connectivity index (χ4n) is 2.21. The quantitative estimate of drug-likeness (QED) is 0.551. The minimum atomic E-state index is -1.22. The molecule has 24 heavy (non-hydrogen) atoms. The molecule has 0 amide bonds. The van der Waals surface area contributed by atoms with Gasteiger partial charge in [0.1, 0.15) is 23.6 Å². The summed E-state index contributed by atoms with van der Waals surface area (Å²) in [5.74, 6) is -0.719. The van der Waals surface area contributed by atoms with Gasteiger partial charge in [-0.05, 0) is 29.8 Å². The van der Waals surface area contributed by atoms with E-state index in [0.717, 1.165) is 6.07 Å². The number of hydrogen-bond donors (Lipinski definition) is 3. The van der Waals surface area contributed by atoms with Crippen LogP contribution in [0.3, 0.4) is 0 Å². The monoisotopic (exact) mass is 331 g/mol. The van der Waals surface area contributed by atoms with Crippen LogP contribution in [0.5, 0.6) is 0 Å². The summed E-state index contributed by atoms with van der Waals surface area (Å²) in [5, 5.41) is 42.2. The Morgan fingerprint density at radius 1 is 1.29 bits per heavy atom. The third kappa shape index (κ3) is 3.65. The van der Waals surface area contributed by atoms with Crippen molar-refractivity contribution in [1.29, 1.82) is 5.26 Å². The first-order valence-electron chi connectivity index (χ1n) is 6.96. The van der Waals surface area contributed by atoms with Gasteiger partial charge in [-0.15, -0.1) is 0 Å². The second-order valence-electron chi connectivity index (χ2n) is 5.00. The van der Waals surface area contributed by atoms with Gasteiger partial charge in [0.25, 0.3) is 5.69 Å². The van der Waals surface area contributed by atoms with E-state index in [1.165, 1.54) is 36.4 Å². The molecule has 0 saturated carbocycles. The van der Waals surface area contributed by atoms with Crippen LogP contribution >= 0.6 is 0 Å². The van der Waals surface area contributed by atoms with E-state index in [-0.39, 0.29) is 16.9 Å². The van der Waals surface area contributed by atoms with Crippen molar-refractivity contribution in [2.45, 2.75) is 12.1 Å². The molecular weight excluding hydrogens is 317 g/mol. The first-order chi connectivity index (χ1) is 11.5. The van der Waals surface area contributed by atoms with Gasteiger partial charge < -0.3 is 15.5 Å². The van der Waals surface area contributed by atoms with Crippen LogP contribution in [0, 0.1) is 27.3 Å². The second kappa shape index (κ2) is 7.50. The van der Waals surface area contributed by atoms with Crippen LogP contribution in [0.2, 0.25) is 0 Å². The lowest BCUT2D eigenvalue weighted by molar-refractivity contribution is -0.384. The summed E-state index contributed by atoms with van der Waals surface area (Å²) in [5.41, 5.74) is 0.114. The van der Waals surface area contributed by atoms with Crippen molar-refractivity contribution in [2.24, 2.45) is 0 Å². The summed E-state index contributed by atoms with van der Waals surface area (Å²) in [6.45, 7) is -0.500. The fourth-order valence-corrected chi connectivity index (χ4v) is 2.21. The minimum Gasteiger partial charge on any atom is -0.394 e. The van der Waals surface area contributed by atoms with Gasteiger partial charge in [-0.2, -0.15) is 5.26 Å². The van der Waals surface area contributed by atoms with Gasteiger partial charge in [-0.1, -0.05) is 6.07 Å². The molecule has 0 radical (unpaired) electrons. The molecule has 0 aromatic heterocycles. The smallest absolute Gasteiger partial charge is 0.269 e. The number of nitro benzene ring substituents is 1. The fraction of sp³-hybridized carbons (Fsp3) is 0.188. The molecule has 0 aliphatic heterocycles. The average Bonchev–Trinajstić information content (AvgIpc) is 2.59. The molecular formula is C16H14FN3O4. The number of benzene rings is 2. The van der Waals surface area contributed by atoms with Crippen molar-refractivity contribution in [3.05, 3.63) is 69.5 Å². The maximum absolute atomic E-state index is 13.6. The molecule has 2 rings (SSSR count). The van der Waals surface area contributed by atoms with Crippen LogP contribution in [-0.4, -0.2) is 27.8 Å². The number of rotatable bonds is 6. The van der Waals surface area contributed by atoms with Crippen LogP contribution in [0.25, 0.3) is 0 Å². The summed E-state index contributed by atoms with van der Waals surface area (Å²) < 4.78 is 13.6. The molecule has 0 saturated heterocycles. The van der Waals surface area contributed by atoms with E-state index in [4.69, 9.17) is 5.26 Å². The number of nitro groups is 1. The Labute approximate surface area is 136 Å². The lowest BCUT2D eigenvalue weighted by Crippen LogP contribution is -2.31. The molecule has 124 valence electrons. The molecule has 2 aromatic carbocycles. The van der Waals surface area contributed by atoms with Crippen LogP contribution in [0.4, 0.5) is 15.8 Å². The highest BCUT2D eigenvalue weighted by atomic mass is 19.1. The molecule has 0 aliphatic carbocycles. The van der Waals surface area contributed by atoms with Crippen molar-refractivity contribution in [3.8, 4) is 6.07 Å². The Bertz CT molecular complexity index is 774. The van der Waals surface area contributed by atoms with Crippen molar-refractivity contribution in [2.75, 3.05) is 11.9 Å². The van der Waals surface area contributed by atoms with Crippen LogP contribution in [0.1, 0.15) is 17.2 Å². The summed E-state index contributed by atoms with van der Waals surface area (Å²) in [6.07, 6.45) is -1.22. The summed E-state index contributed by atoms with van der Waals surface area (Å²) in [7, 11) is 0. The highest BCUT2D eigenvalue weighted by Crippen LogP contribution is 2.25. The minimum absolute atomic E-state index is 0.128. The molecule has 2 unspecified atom stereocenters. The topological polar surface area (TPSA) is 119 Å². The third-order valence-electron chi connectivity index (χ3n) is 3.49. The molecule has 0 bridgehead atoms. The van der Waals surface area contributed by atoms with Gasteiger partial charge >= 0.3 is 0 Å². The van der Waals surface area contributed by atoms with Crippen molar-refractivity contribution < 1.29 is 19.5 Å². The van der Waals surface area contributed by atoms with Crippen molar-refractivity contribution in [1.82, 2.24) is 0 Å². The SMILES string of the molecule is N#Cc1c(F)cccc1NC(CO)C(O)c1ccc([N+](=O)[O-])cc1. The van der Waals surface area contributed by atoms with E-state index in [0.29, 0.717) is 5.56 Å². The number of nitriles is 1. The summed E-state index contributed by atoms with van der Waals surface area (Å²) in [4.78, 5) is 10.1. The summed E-state index contributed by atoms with van der Waals surface area (Å²) >= 11 is 0. The zero-order chi connectivity index (χ0) is 17.7. The van der Waals surface area contributed by atoms with E-state index < -0.39 is 29.5 Å². The average molecular weight is 331 g/mol. The number of nitrogens with one attached hydrogen (secondary N) is 1. The number of anilines is 1. The lowest BCUT2D eigenvalue weighted by Gasteiger charge is -2.24. The lowest BCUT2D eigenvalue weighted by atomic mass is 10.0. The maximum Gasteiger partial charge on any atom is 0.269 e. The first-order valence-corrected chi connectivity index (χ1v) is 6.96. The van der Waals surface area contributed by atoms with E-state index in [1.54, 1.807) is 6.07 Å². The number of hydrogen-bond acceptors (Lipinski definition) is 6. The van der Waals surface area contributed by atoms with Crippen molar-refractivity contribution in [3.63, 3.8) is 0 Å². The number of nitrogens with zero attached hydrogens (tertiary/aromatic N) is 2. The predicted octanol–water partition coefficient (Wildman–Crippen LogP) is 2.11.